The first-order valence-electron chi connectivity index (χ1n) is 10.2. The van der Waals surface area contributed by atoms with Gasteiger partial charge in [-0.15, -0.1) is 0 Å². The van der Waals surface area contributed by atoms with Gasteiger partial charge >= 0.3 is 0 Å². The monoisotopic (exact) mass is 493 g/mol. The molecule has 1 N–H and O–H groups in total. The van der Waals surface area contributed by atoms with Gasteiger partial charge in [-0.05, 0) is 29.8 Å². The topological polar surface area (TPSA) is 99.6 Å². The van der Waals surface area contributed by atoms with Crippen LogP contribution in [0.4, 0.5) is 5.82 Å². The lowest BCUT2D eigenvalue weighted by molar-refractivity contribution is -0.116. The molecule has 3 aromatic heterocycles. The van der Waals surface area contributed by atoms with Crippen molar-refractivity contribution in [2.45, 2.75) is 13.1 Å². The zero-order valence-corrected chi connectivity index (χ0v) is 19.1. The largest absolute Gasteiger partial charge is 0.308 e. The number of carbonyl (C=O) groups excluding carboxylic acids is 1. The number of fused-ring (bicyclic) bond motifs is 1. The molecule has 5 rings (SSSR count). The summed E-state index contributed by atoms with van der Waals surface area (Å²) < 4.78 is 4.46. The van der Waals surface area contributed by atoms with Crippen molar-refractivity contribution in [3.05, 3.63) is 99.3 Å². The Hall–Kier alpha value is -3.95. The molecule has 0 fully saturated rings. The minimum atomic E-state index is -0.409. The second-order valence-electron chi connectivity index (χ2n) is 7.49. The Morgan fingerprint density at radius 1 is 1.06 bits per heavy atom. The van der Waals surface area contributed by atoms with Gasteiger partial charge in [0.05, 0.1) is 18.4 Å². The number of rotatable bonds is 6. The van der Waals surface area contributed by atoms with E-state index in [4.69, 9.17) is 23.2 Å². The second kappa shape index (κ2) is 9.12. The fourth-order valence-electron chi connectivity index (χ4n) is 3.50. The van der Waals surface area contributed by atoms with Gasteiger partial charge in [-0.1, -0.05) is 47.5 Å². The van der Waals surface area contributed by atoms with Gasteiger partial charge in [0.2, 0.25) is 5.91 Å². The van der Waals surface area contributed by atoms with E-state index in [-0.39, 0.29) is 12.1 Å². The minimum Gasteiger partial charge on any atom is -0.308 e. The lowest BCUT2D eigenvalue weighted by atomic mass is 10.2. The molecule has 0 bridgehead atoms. The highest BCUT2D eigenvalue weighted by Crippen LogP contribution is 2.22. The van der Waals surface area contributed by atoms with E-state index in [1.807, 2.05) is 36.4 Å². The zero-order chi connectivity index (χ0) is 23.7. The third-order valence-electron chi connectivity index (χ3n) is 5.12. The summed E-state index contributed by atoms with van der Waals surface area (Å²) in [5.74, 6) is -0.0532. The van der Waals surface area contributed by atoms with Crippen LogP contribution in [0.5, 0.6) is 0 Å². The molecule has 0 saturated carbocycles. The van der Waals surface area contributed by atoms with Crippen molar-refractivity contribution in [3.63, 3.8) is 0 Å². The highest BCUT2D eigenvalue weighted by Gasteiger charge is 2.14. The van der Waals surface area contributed by atoms with Gasteiger partial charge in [0, 0.05) is 22.3 Å². The van der Waals surface area contributed by atoms with E-state index in [1.165, 1.54) is 17.1 Å². The fourth-order valence-corrected chi connectivity index (χ4v) is 3.97. The van der Waals surface area contributed by atoms with Crippen LogP contribution in [0.1, 0.15) is 5.56 Å². The molecular weight excluding hydrogens is 477 g/mol. The summed E-state index contributed by atoms with van der Waals surface area (Å²) in [6, 6.07) is 16.3. The summed E-state index contributed by atoms with van der Waals surface area (Å²) in [6.07, 6.45) is 4.51. The molecule has 2 aromatic carbocycles. The van der Waals surface area contributed by atoms with Crippen LogP contribution in [-0.4, -0.2) is 35.0 Å². The molecule has 0 aliphatic carbocycles. The van der Waals surface area contributed by atoms with Crippen LogP contribution in [0, 0.1) is 0 Å². The first-order chi connectivity index (χ1) is 16.5. The number of aromatic nitrogens is 6. The van der Waals surface area contributed by atoms with Crippen LogP contribution in [0.25, 0.3) is 16.7 Å². The number of amides is 1. The smallest absolute Gasteiger partial charge is 0.264 e. The Labute approximate surface area is 203 Å². The van der Waals surface area contributed by atoms with E-state index < -0.39 is 5.91 Å². The Morgan fingerprint density at radius 2 is 1.88 bits per heavy atom. The maximum Gasteiger partial charge on any atom is 0.264 e. The van der Waals surface area contributed by atoms with Gasteiger partial charge in [-0.2, -0.15) is 10.2 Å². The molecule has 5 aromatic rings. The van der Waals surface area contributed by atoms with Gasteiger partial charge in [0.1, 0.15) is 18.3 Å². The van der Waals surface area contributed by atoms with Crippen molar-refractivity contribution in [1.29, 1.82) is 0 Å². The molecule has 1 amide bonds. The highest BCUT2D eigenvalue weighted by molar-refractivity contribution is 6.35. The summed E-state index contributed by atoms with van der Waals surface area (Å²) in [6.45, 7) is 0.200. The normalized spacial score (nSPS) is 11.1. The number of benzene rings is 2. The number of hydrogen-bond acceptors (Lipinski definition) is 5. The van der Waals surface area contributed by atoms with Gasteiger partial charge in [-0.3, -0.25) is 18.8 Å². The van der Waals surface area contributed by atoms with E-state index in [0.29, 0.717) is 33.4 Å². The minimum absolute atomic E-state index is 0.214. The summed E-state index contributed by atoms with van der Waals surface area (Å²) in [5, 5.41) is 12.7. The van der Waals surface area contributed by atoms with Gasteiger partial charge < -0.3 is 5.32 Å². The van der Waals surface area contributed by atoms with Gasteiger partial charge in [0.15, 0.2) is 11.5 Å². The molecule has 0 unspecified atom stereocenters. The fraction of sp³-hybridized carbons (Fsp3) is 0.0870. The maximum atomic E-state index is 12.9. The Bertz CT molecular complexity index is 1560. The third kappa shape index (κ3) is 4.43. The van der Waals surface area contributed by atoms with Crippen LogP contribution in [-0.2, 0) is 17.9 Å². The summed E-state index contributed by atoms with van der Waals surface area (Å²) in [5.41, 5.74) is 1.70. The third-order valence-corrected chi connectivity index (χ3v) is 5.71. The molecular formula is C23H17Cl2N7O2. The number of para-hydroxylation sites is 1. The van der Waals surface area contributed by atoms with E-state index in [1.54, 1.807) is 33.8 Å². The number of nitrogens with zero attached hydrogens (tertiary/aromatic N) is 6. The molecule has 170 valence electrons. The van der Waals surface area contributed by atoms with Crippen LogP contribution in [0.3, 0.4) is 0 Å². The Morgan fingerprint density at radius 3 is 2.68 bits per heavy atom. The van der Waals surface area contributed by atoms with Crippen LogP contribution in [0.15, 0.2) is 78.1 Å². The quantitative estimate of drug-likeness (QED) is 0.388. The number of nitrogens with one attached hydrogen (secondary N) is 1. The average molecular weight is 494 g/mol. The van der Waals surface area contributed by atoms with Crippen molar-refractivity contribution in [2.75, 3.05) is 5.32 Å². The van der Waals surface area contributed by atoms with Gasteiger partial charge in [0.25, 0.3) is 5.56 Å². The lowest BCUT2D eigenvalue weighted by Crippen LogP contribution is -2.28. The van der Waals surface area contributed by atoms with Crippen LogP contribution in [0.2, 0.25) is 10.0 Å². The first kappa shape index (κ1) is 21.9. The Kier molecular flexibility index (Phi) is 5.87. The second-order valence-corrected chi connectivity index (χ2v) is 8.33. The van der Waals surface area contributed by atoms with E-state index in [0.717, 1.165) is 11.3 Å². The maximum absolute atomic E-state index is 12.9. The molecule has 0 radical (unpaired) electrons. The van der Waals surface area contributed by atoms with Crippen LogP contribution >= 0.6 is 23.2 Å². The predicted octanol–water partition coefficient (Wildman–Crippen LogP) is 3.77. The average Bonchev–Trinajstić information content (AvgIpc) is 3.45. The summed E-state index contributed by atoms with van der Waals surface area (Å²) in [4.78, 5) is 29.8. The predicted molar refractivity (Wildman–Crippen MR) is 130 cm³/mol. The number of halogens is 2. The van der Waals surface area contributed by atoms with Crippen molar-refractivity contribution in [2.24, 2.45) is 0 Å². The van der Waals surface area contributed by atoms with Crippen molar-refractivity contribution >= 4 is 46.0 Å². The SMILES string of the molecule is O=C(Cn1cnc2c(cnn2-c2ccccc2)c1=O)Nc1ccn(Cc2ccc(Cl)cc2Cl)n1. The molecule has 0 aliphatic heterocycles. The molecule has 3 heterocycles. The Balaban J connectivity index is 1.29. The van der Waals surface area contributed by atoms with Crippen LogP contribution < -0.4 is 10.9 Å². The van der Waals surface area contributed by atoms with Crippen molar-refractivity contribution < 1.29 is 4.79 Å². The van der Waals surface area contributed by atoms with Crippen molar-refractivity contribution in [3.8, 4) is 5.69 Å². The number of anilines is 1. The highest BCUT2D eigenvalue weighted by atomic mass is 35.5. The first-order valence-corrected chi connectivity index (χ1v) is 11.0. The summed E-state index contributed by atoms with van der Waals surface area (Å²) in [7, 11) is 0. The van der Waals surface area contributed by atoms with E-state index >= 15 is 0 Å². The molecule has 0 aliphatic rings. The molecule has 11 heteroatoms. The molecule has 34 heavy (non-hydrogen) atoms. The molecule has 9 nitrogen and oxygen atoms in total. The molecule has 0 atom stereocenters. The lowest BCUT2D eigenvalue weighted by Gasteiger charge is -2.07. The standard InChI is InChI=1S/C23H17Cl2N7O2/c24-16-7-6-15(19(25)10-16)12-31-9-8-20(29-31)28-21(33)13-30-14-26-22-18(23(30)34)11-27-32(22)17-4-2-1-3-5-17/h1-11,14H,12-13H2,(H,28,29,33). The van der Waals surface area contributed by atoms with Crippen molar-refractivity contribution in [1.82, 2.24) is 29.1 Å². The molecule has 0 saturated heterocycles. The van der Waals surface area contributed by atoms with E-state index in [2.05, 4.69) is 20.5 Å². The number of carbonyl (C=O) groups is 1. The summed E-state index contributed by atoms with van der Waals surface area (Å²) >= 11 is 12.1. The van der Waals surface area contributed by atoms with E-state index in [9.17, 15) is 9.59 Å². The van der Waals surface area contributed by atoms with Gasteiger partial charge in [-0.25, -0.2) is 9.67 Å². The number of hydrogen-bond donors (Lipinski definition) is 1. The zero-order valence-electron chi connectivity index (χ0n) is 17.6. The molecule has 0 spiro atoms.